The van der Waals surface area contributed by atoms with Crippen molar-refractivity contribution in [1.29, 1.82) is 0 Å². The summed E-state index contributed by atoms with van der Waals surface area (Å²) in [5.41, 5.74) is 1.27. The third kappa shape index (κ3) is 7.10. The zero-order valence-corrected chi connectivity index (χ0v) is 26.7. The van der Waals surface area contributed by atoms with E-state index >= 15 is 0 Å². The lowest BCUT2D eigenvalue weighted by Gasteiger charge is -2.38. The summed E-state index contributed by atoms with van der Waals surface area (Å²) in [6, 6.07) is 10.7. The molecule has 3 aromatic rings. The van der Waals surface area contributed by atoms with Crippen molar-refractivity contribution in [2.75, 3.05) is 33.3 Å². The van der Waals surface area contributed by atoms with Gasteiger partial charge in [0.2, 0.25) is 17.7 Å². The lowest BCUT2D eigenvalue weighted by molar-refractivity contribution is -0.136. The van der Waals surface area contributed by atoms with Crippen molar-refractivity contribution in [2.45, 2.75) is 51.7 Å². The SMILES string of the molecule is COc1ccc2c(c1)CCN(C1CCN(C(=O)Cn3cc(-c4cccc(Cl)c4Cl)c(=O)n(CCNC(C)=O)c3=O)CC1)C(=O)C2. The summed E-state index contributed by atoms with van der Waals surface area (Å²) in [6.07, 6.45) is 3.64. The predicted octanol–water partition coefficient (Wildman–Crippen LogP) is 2.75. The second kappa shape index (κ2) is 13.9. The van der Waals surface area contributed by atoms with Crippen LogP contribution in [0.25, 0.3) is 11.1 Å². The quantitative estimate of drug-likeness (QED) is 0.398. The molecule has 3 heterocycles. The van der Waals surface area contributed by atoms with E-state index in [-0.39, 0.29) is 59.0 Å². The summed E-state index contributed by atoms with van der Waals surface area (Å²) in [5, 5.41) is 2.97. The lowest BCUT2D eigenvalue weighted by atomic mass is 10.0. The van der Waals surface area contributed by atoms with Crippen LogP contribution < -0.4 is 21.3 Å². The second-order valence-electron chi connectivity index (χ2n) is 11.3. The fourth-order valence-corrected chi connectivity index (χ4v) is 6.43. The number of rotatable bonds is 8. The third-order valence-electron chi connectivity index (χ3n) is 8.45. The first kappa shape index (κ1) is 32.3. The Morgan fingerprint density at radius 1 is 1.00 bits per heavy atom. The Morgan fingerprint density at radius 2 is 1.76 bits per heavy atom. The summed E-state index contributed by atoms with van der Waals surface area (Å²) in [4.78, 5) is 68.5. The maximum Gasteiger partial charge on any atom is 0.331 e. The fraction of sp³-hybridized carbons (Fsp3) is 0.406. The molecular formula is C32H35Cl2N5O6. The van der Waals surface area contributed by atoms with Crippen LogP contribution in [0.5, 0.6) is 5.75 Å². The molecule has 11 nitrogen and oxygen atoms in total. The topological polar surface area (TPSA) is 123 Å². The highest BCUT2D eigenvalue weighted by molar-refractivity contribution is 6.43. The number of benzene rings is 2. The zero-order valence-electron chi connectivity index (χ0n) is 25.2. The van der Waals surface area contributed by atoms with Crippen LogP contribution in [-0.4, -0.2) is 76.0 Å². The van der Waals surface area contributed by atoms with Gasteiger partial charge in [0.05, 0.1) is 29.1 Å². The summed E-state index contributed by atoms with van der Waals surface area (Å²) in [5.74, 6) is 0.255. The first-order valence-electron chi connectivity index (χ1n) is 14.8. The van der Waals surface area contributed by atoms with E-state index in [0.717, 1.165) is 27.9 Å². The average Bonchev–Trinajstić information content (AvgIpc) is 3.19. The van der Waals surface area contributed by atoms with Crippen molar-refractivity contribution in [2.24, 2.45) is 0 Å². The minimum atomic E-state index is -0.679. The van der Waals surface area contributed by atoms with Crippen molar-refractivity contribution in [3.8, 4) is 16.9 Å². The first-order chi connectivity index (χ1) is 21.6. The molecule has 238 valence electrons. The fourth-order valence-electron chi connectivity index (χ4n) is 6.03. The number of halogens is 2. The largest absolute Gasteiger partial charge is 0.497 e. The number of fused-ring (bicyclic) bond motifs is 1. The number of ether oxygens (including phenoxy) is 1. The number of likely N-dealkylation sites (tertiary alicyclic amines) is 1. The van der Waals surface area contributed by atoms with Crippen LogP contribution >= 0.6 is 23.2 Å². The van der Waals surface area contributed by atoms with Crippen molar-refractivity contribution in [3.63, 3.8) is 0 Å². The average molecular weight is 657 g/mol. The molecule has 2 aliphatic rings. The highest BCUT2D eigenvalue weighted by Crippen LogP contribution is 2.32. The second-order valence-corrected chi connectivity index (χ2v) is 12.0. The van der Waals surface area contributed by atoms with E-state index in [1.54, 1.807) is 30.2 Å². The maximum atomic E-state index is 13.5. The Balaban J connectivity index is 1.31. The van der Waals surface area contributed by atoms with Crippen LogP contribution in [0.4, 0.5) is 0 Å². The standard InChI is InChI=1S/C32H35Cl2N5O6/c1-20(40)35-11-15-39-31(43)26(25-4-3-5-27(33)30(25)34)18-37(32(39)44)19-29(42)36-12-9-23(10-13-36)38-14-8-22-16-24(45-2)7-6-21(22)17-28(38)41/h3-7,16,18,23H,8-15,17,19H2,1-2H3,(H,35,40). The van der Waals surface area contributed by atoms with Crippen molar-refractivity contribution >= 4 is 40.9 Å². The Hall–Kier alpha value is -4.09. The summed E-state index contributed by atoms with van der Waals surface area (Å²) in [7, 11) is 1.63. The summed E-state index contributed by atoms with van der Waals surface area (Å²) >= 11 is 12.6. The van der Waals surface area contributed by atoms with Gasteiger partial charge in [-0.15, -0.1) is 0 Å². The van der Waals surface area contributed by atoms with Gasteiger partial charge in [0.25, 0.3) is 5.56 Å². The summed E-state index contributed by atoms with van der Waals surface area (Å²) < 4.78 is 7.53. The molecule has 45 heavy (non-hydrogen) atoms. The minimum Gasteiger partial charge on any atom is -0.497 e. The zero-order chi connectivity index (χ0) is 32.2. The van der Waals surface area contributed by atoms with Crippen LogP contribution in [-0.2, 0) is 40.3 Å². The number of carbonyl (C=O) groups is 3. The number of nitrogens with one attached hydrogen (secondary N) is 1. The van der Waals surface area contributed by atoms with E-state index in [1.807, 2.05) is 23.1 Å². The molecule has 2 aromatic carbocycles. The molecule has 0 saturated carbocycles. The number of methoxy groups -OCH3 is 1. The number of aromatic nitrogens is 2. The van der Waals surface area contributed by atoms with E-state index in [2.05, 4.69) is 5.32 Å². The number of nitrogens with zero attached hydrogens (tertiary/aromatic N) is 4. The number of amides is 3. The molecule has 0 unspecified atom stereocenters. The first-order valence-corrected chi connectivity index (χ1v) is 15.6. The van der Waals surface area contributed by atoms with Crippen LogP contribution in [0.15, 0.2) is 52.2 Å². The van der Waals surface area contributed by atoms with Crippen molar-refractivity contribution < 1.29 is 19.1 Å². The van der Waals surface area contributed by atoms with Gasteiger partial charge in [-0.3, -0.25) is 28.3 Å². The molecule has 0 radical (unpaired) electrons. The Morgan fingerprint density at radius 3 is 2.47 bits per heavy atom. The number of hydrogen-bond acceptors (Lipinski definition) is 6. The van der Waals surface area contributed by atoms with Gasteiger partial charge in [-0.05, 0) is 48.6 Å². The number of piperidine rings is 1. The van der Waals surface area contributed by atoms with Gasteiger partial charge in [-0.25, -0.2) is 4.79 Å². The molecule has 0 bridgehead atoms. The Kier molecular flexibility index (Phi) is 9.99. The molecule has 1 N–H and O–H groups in total. The van der Waals surface area contributed by atoms with E-state index < -0.39 is 11.2 Å². The highest BCUT2D eigenvalue weighted by atomic mass is 35.5. The minimum absolute atomic E-state index is 0.00716. The monoisotopic (exact) mass is 655 g/mol. The molecule has 3 amide bonds. The van der Waals surface area contributed by atoms with Gasteiger partial charge >= 0.3 is 5.69 Å². The van der Waals surface area contributed by atoms with Gasteiger partial charge in [-0.1, -0.05) is 41.4 Å². The molecular weight excluding hydrogens is 621 g/mol. The van der Waals surface area contributed by atoms with Gasteiger partial charge in [0.15, 0.2) is 0 Å². The maximum absolute atomic E-state index is 13.5. The van der Waals surface area contributed by atoms with E-state index in [9.17, 15) is 24.0 Å². The number of carbonyl (C=O) groups excluding carboxylic acids is 3. The molecule has 1 saturated heterocycles. The van der Waals surface area contributed by atoms with Gasteiger partial charge < -0.3 is 19.9 Å². The molecule has 0 atom stereocenters. The van der Waals surface area contributed by atoms with Crippen molar-refractivity contribution in [3.05, 3.63) is 84.6 Å². The van der Waals surface area contributed by atoms with Gasteiger partial charge in [0, 0.05) is 57.4 Å². The molecule has 1 fully saturated rings. The van der Waals surface area contributed by atoms with E-state index in [0.29, 0.717) is 44.5 Å². The van der Waals surface area contributed by atoms with Gasteiger partial charge in [-0.2, -0.15) is 0 Å². The lowest BCUT2D eigenvalue weighted by Crippen LogP contribution is -2.50. The van der Waals surface area contributed by atoms with Crippen LogP contribution in [0.3, 0.4) is 0 Å². The Labute approximate surface area is 270 Å². The van der Waals surface area contributed by atoms with Gasteiger partial charge in [0.1, 0.15) is 12.3 Å². The Bertz CT molecular complexity index is 1740. The third-order valence-corrected chi connectivity index (χ3v) is 9.27. The number of hydrogen-bond donors (Lipinski definition) is 1. The molecule has 0 spiro atoms. The summed E-state index contributed by atoms with van der Waals surface area (Å²) in [6.45, 7) is 2.45. The van der Waals surface area contributed by atoms with Crippen LogP contribution in [0.2, 0.25) is 10.0 Å². The molecule has 1 aromatic heterocycles. The molecule has 13 heteroatoms. The van der Waals surface area contributed by atoms with Crippen LogP contribution in [0.1, 0.15) is 30.9 Å². The normalized spacial score (nSPS) is 15.4. The van der Waals surface area contributed by atoms with E-state index in [1.165, 1.54) is 17.7 Å². The van der Waals surface area contributed by atoms with Crippen molar-refractivity contribution in [1.82, 2.24) is 24.3 Å². The predicted molar refractivity (Wildman–Crippen MR) is 171 cm³/mol. The highest BCUT2D eigenvalue weighted by Gasteiger charge is 2.31. The van der Waals surface area contributed by atoms with Crippen LogP contribution in [0, 0.1) is 0 Å². The molecule has 2 aliphatic heterocycles. The molecule has 5 rings (SSSR count). The smallest absolute Gasteiger partial charge is 0.331 e. The van der Waals surface area contributed by atoms with E-state index in [4.69, 9.17) is 27.9 Å². The molecule has 0 aliphatic carbocycles.